The van der Waals surface area contributed by atoms with E-state index in [1.807, 2.05) is 54.1 Å². The first-order chi connectivity index (χ1) is 18.6. The Bertz CT molecular complexity index is 1430. The lowest BCUT2D eigenvalue weighted by atomic mass is 9.69. The molecule has 2 aromatic carbocycles. The van der Waals surface area contributed by atoms with Gasteiger partial charge in [-0.3, -0.25) is 9.69 Å². The predicted molar refractivity (Wildman–Crippen MR) is 147 cm³/mol. The van der Waals surface area contributed by atoms with Crippen molar-refractivity contribution in [3.8, 4) is 5.75 Å². The molecule has 1 N–H and O–H groups in total. The number of nitrogens with zero attached hydrogens (tertiary/aromatic N) is 5. The molecule has 3 heterocycles. The number of H-pyrrole nitrogens is 1. The minimum Gasteiger partial charge on any atom is -0.494 e. The molecule has 2 aromatic heterocycles. The molecular formula is C30H36N6O2. The fourth-order valence-corrected chi connectivity index (χ4v) is 6.61. The zero-order chi connectivity index (χ0) is 26.0. The van der Waals surface area contributed by atoms with Gasteiger partial charge in [0.15, 0.2) is 5.82 Å². The molecule has 1 atom stereocenters. The van der Waals surface area contributed by atoms with Crippen LogP contribution in [0.2, 0.25) is 0 Å². The van der Waals surface area contributed by atoms with Crippen molar-refractivity contribution in [1.29, 1.82) is 0 Å². The molecule has 8 heteroatoms. The second-order valence-corrected chi connectivity index (χ2v) is 11.0. The van der Waals surface area contributed by atoms with Crippen molar-refractivity contribution in [1.82, 2.24) is 30.1 Å². The van der Waals surface area contributed by atoms with Crippen LogP contribution in [-0.2, 0) is 6.54 Å². The molecule has 1 saturated carbocycles. The highest BCUT2D eigenvalue weighted by atomic mass is 16.5. The minimum absolute atomic E-state index is 0.0933. The maximum atomic E-state index is 13.7. The average Bonchev–Trinajstić information content (AvgIpc) is 3.38. The van der Waals surface area contributed by atoms with Gasteiger partial charge >= 0.3 is 0 Å². The van der Waals surface area contributed by atoms with Crippen molar-refractivity contribution >= 4 is 10.9 Å². The van der Waals surface area contributed by atoms with Gasteiger partial charge in [0, 0.05) is 23.0 Å². The molecular weight excluding hydrogens is 476 g/mol. The maximum Gasteiger partial charge on any atom is 0.253 e. The maximum absolute atomic E-state index is 13.7. The van der Waals surface area contributed by atoms with Crippen LogP contribution in [0.4, 0.5) is 0 Å². The topological polar surface area (TPSA) is 88.9 Å². The summed E-state index contributed by atoms with van der Waals surface area (Å²) in [6, 6.07) is 17.7. The average molecular weight is 513 g/mol. The number of benzene rings is 2. The molecule has 0 bridgehead atoms. The number of nitrogens with one attached hydrogen (secondary N) is 1. The first-order valence-corrected chi connectivity index (χ1v) is 14.0. The van der Waals surface area contributed by atoms with Gasteiger partial charge in [-0.05, 0) is 84.8 Å². The Hall–Kier alpha value is -3.52. The number of fused-ring (bicyclic) bond motifs is 1. The fourth-order valence-electron chi connectivity index (χ4n) is 6.61. The number of aromatic nitrogens is 5. The van der Waals surface area contributed by atoms with Gasteiger partial charge in [-0.15, -0.1) is 5.10 Å². The zero-order valence-corrected chi connectivity index (χ0v) is 22.1. The van der Waals surface area contributed by atoms with E-state index < -0.39 is 0 Å². The van der Waals surface area contributed by atoms with Gasteiger partial charge in [0.25, 0.3) is 5.56 Å². The van der Waals surface area contributed by atoms with E-state index >= 15 is 0 Å². The van der Waals surface area contributed by atoms with Crippen LogP contribution in [0, 0.1) is 5.41 Å². The molecule has 1 spiro atoms. The first kappa shape index (κ1) is 24.8. The van der Waals surface area contributed by atoms with Crippen LogP contribution in [0.1, 0.15) is 74.9 Å². The molecule has 1 unspecified atom stereocenters. The SMILES string of the molecule is CCOc1ccc2[nH]c(=O)c(C(c3nnnn3Cc3ccccc3)N3CCCC4(CCCCC4)C3)cc2c1. The van der Waals surface area contributed by atoms with E-state index in [0.717, 1.165) is 41.7 Å². The minimum atomic E-state index is -0.336. The summed E-state index contributed by atoms with van der Waals surface area (Å²) in [5.74, 6) is 1.51. The number of tetrazole rings is 1. The predicted octanol–water partition coefficient (Wildman–Crippen LogP) is 5.10. The van der Waals surface area contributed by atoms with Gasteiger partial charge in [-0.25, -0.2) is 4.68 Å². The van der Waals surface area contributed by atoms with E-state index in [9.17, 15) is 4.79 Å². The van der Waals surface area contributed by atoms with Gasteiger partial charge in [-0.2, -0.15) is 0 Å². The first-order valence-electron chi connectivity index (χ1n) is 14.0. The van der Waals surface area contributed by atoms with Crippen LogP contribution in [0.25, 0.3) is 10.9 Å². The van der Waals surface area contributed by atoms with Crippen molar-refractivity contribution in [3.63, 3.8) is 0 Å². The highest BCUT2D eigenvalue weighted by Gasteiger charge is 2.41. The molecule has 198 valence electrons. The Kier molecular flexibility index (Phi) is 6.98. The Morgan fingerprint density at radius 1 is 1.03 bits per heavy atom. The van der Waals surface area contributed by atoms with E-state index in [1.54, 1.807) is 0 Å². The van der Waals surface area contributed by atoms with Gasteiger partial charge in [0.05, 0.1) is 13.2 Å². The van der Waals surface area contributed by atoms with Crippen molar-refractivity contribution in [3.05, 3.63) is 81.9 Å². The van der Waals surface area contributed by atoms with Crippen molar-refractivity contribution in [2.45, 2.75) is 64.5 Å². The molecule has 0 radical (unpaired) electrons. The van der Waals surface area contributed by atoms with Gasteiger partial charge in [0.2, 0.25) is 0 Å². The Morgan fingerprint density at radius 2 is 1.84 bits per heavy atom. The van der Waals surface area contributed by atoms with Gasteiger partial charge in [-0.1, -0.05) is 49.6 Å². The summed E-state index contributed by atoms with van der Waals surface area (Å²) in [7, 11) is 0. The number of pyridine rings is 1. The summed E-state index contributed by atoms with van der Waals surface area (Å²) >= 11 is 0. The summed E-state index contributed by atoms with van der Waals surface area (Å²) in [4.78, 5) is 19.3. The van der Waals surface area contributed by atoms with Crippen LogP contribution in [0.3, 0.4) is 0 Å². The summed E-state index contributed by atoms with van der Waals surface area (Å²) in [6.07, 6.45) is 8.82. The highest BCUT2D eigenvalue weighted by Crippen LogP contribution is 2.45. The lowest BCUT2D eigenvalue weighted by Gasteiger charge is -2.47. The third kappa shape index (κ3) is 4.97. The Balaban J connectivity index is 1.45. The highest BCUT2D eigenvalue weighted by molar-refractivity contribution is 5.80. The molecule has 4 aromatic rings. The summed E-state index contributed by atoms with van der Waals surface area (Å²) in [5, 5.41) is 14.0. The van der Waals surface area contributed by atoms with E-state index in [4.69, 9.17) is 4.74 Å². The van der Waals surface area contributed by atoms with E-state index in [0.29, 0.717) is 30.0 Å². The van der Waals surface area contributed by atoms with Crippen molar-refractivity contribution in [2.24, 2.45) is 5.41 Å². The standard InChI is InChI=1S/C30H36N6O2/c1-2-38-24-12-13-26-23(18-24)19-25(29(37)31-26)27(35-17-9-16-30(21-35)14-7-4-8-15-30)28-32-33-34-36(28)20-22-10-5-3-6-11-22/h3,5-6,10-13,18-19,27H,2,4,7-9,14-17,20-21H2,1H3,(H,31,37). The van der Waals surface area contributed by atoms with Gasteiger partial charge < -0.3 is 9.72 Å². The molecule has 1 aliphatic carbocycles. The van der Waals surface area contributed by atoms with Gasteiger partial charge in [0.1, 0.15) is 11.8 Å². The molecule has 8 nitrogen and oxygen atoms in total. The molecule has 2 aliphatic rings. The fraction of sp³-hybridized carbons (Fsp3) is 0.467. The quantitative estimate of drug-likeness (QED) is 0.371. The zero-order valence-electron chi connectivity index (χ0n) is 22.1. The summed E-state index contributed by atoms with van der Waals surface area (Å²) in [6.45, 7) is 5.00. The number of hydrogen-bond acceptors (Lipinski definition) is 6. The second kappa shape index (κ2) is 10.7. The van der Waals surface area contributed by atoms with E-state index in [2.05, 4.69) is 37.5 Å². The summed E-state index contributed by atoms with van der Waals surface area (Å²) in [5.41, 5.74) is 2.83. The molecule has 0 amide bonds. The lowest BCUT2D eigenvalue weighted by Crippen LogP contribution is -2.47. The number of hydrogen-bond donors (Lipinski definition) is 1. The van der Waals surface area contributed by atoms with Crippen molar-refractivity contribution in [2.75, 3.05) is 19.7 Å². The Morgan fingerprint density at radius 3 is 2.66 bits per heavy atom. The molecule has 2 fully saturated rings. The Labute approximate surface area is 223 Å². The van der Waals surface area contributed by atoms with Crippen LogP contribution >= 0.6 is 0 Å². The van der Waals surface area contributed by atoms with Crippen LogP contribution < -0.4 is 10.3 Å². The third-order valence-corrected chi connectivity index (χ3v) is 8.40. The molecule has 6 rings (SSSR count). The lowest BCUT2D eigenvalue weighted by molar-refractivity contribution is 0.0340. The van der Waals surface area contributed by atoms with Crippen LogP contribution in [0.5, 0.6) is 5.75 Å². The van der Waals surface area contributed by atoms with Crippen LogP contribution in [-0.4, -0.2) is 49.8 Å². The van der Waals surface area contributed by atoms with E-state index in [-0.39, 0.29) is 11.6 Å². The normalized spacial score (nSPS) is 18.6. The number of piperidine rings is 1. The number of ether oxygens (including phenoxy) is 1. The van der Waals surface area contributed by atoms with Crippen molar-refractivity contribution < 1.29 is 4.74 Å². The van der Waals surface area contributed by atoms with Crippen LogP contribution in [0.15, 0.2) is 59.4 Å². The number of rotatable bonds is 7. The van der Waals surface area contributed by atoms with E-state index in [1.165, 1.54) is 38.5 Å². The molecule has 1 saturated heterocycles. The largest absolute Gasteiger partial charge is 0.494 e. The smallest absolute Gasteiger partial charge is 0.253 e. The number of aromatic amines is 1. The summed E-state index contributed by atoms with van der Waals surface area (Å²) < 4.78 is 7.62. The third-order valence-electron chi connectivity index (χ3n) is 8.40. The number of likely N-dealkylation sites (tertiary alicyclic amines) is 1. The monoisotopic (exact) mass is 512 g/mol. The second-order valence-electron chi connectivity index (χ2n) is 11.0. The molecule has 38 heavy (non-hydrogen) atoms. The molecule has 1 aliphatic heterocycles.